The van der Waals surface area contributed by atoms with Crippen molar-refractivity contribution < 1.29 is 9.84 Å². The molecule has 2 atom stereocenters. The predicted molar refractivity (Wildman–Crippen MR) is 74.8 cm³/mol. The lowest BCUT2D eigenvalue weighted by atomic mass is 9.76. The standard InChI is InChI=1S/C16H16N2O2/c17-10-16(6-2-8-20-11-16)15(19)13-4-5-14-12(9-13)3-1-7-18-14/h1,3-5,7,9,15,19H,2,6,8,11H2. The molecule has 0 spiro atoms. The van der Waals surface area contributed by atoms with Crippen molar-refractivity contribution in [2.75, 3.05) is 13.2 Å². The molecule has 4 heteroatoms. The van der Waals surface area contributed by atoms with Crippen LogP contribution >= 0.6 is 0 Å². The molecule has 1 fully saturated rings. The van der Waals surface area contributed by atoms with Crippen LogP contribution in [0.1, 0.15) is 24.5 Å². The zero-order valence-corrected chi connectivity index (χ0v) is 11.1. The zero-order chi connectivity index (χ0) is 14.0. The van der Waals surface area contributed by atoms with E-state index in [1.807, 2.05) is 30.3 Å². The molecule has 2 unspecified atom stereocenters. The summed E-state index contributed by atoms with van der Waals surface area (Å²) < 4.78 is 5.41. The molecule has 0 bridgehead atoms. The largest absolute Gasteiger partial charge is 0.387 e. The Kier molecular flexibility index (Phi) is 3.39. The van der Waals surface area contributed by atoms with Gasteiger partial charge in [-0.3, -0.25) is 4.98 Å². The van der Waals surface area contributed by atoms with E-state index in [9.17, 15) is 10.4 Å². The van der Waals surface area contributed by atoms with E-state index in [1.165, 1.54) is 0 Å². The first-order chi connectivity index (χ1) is 9.75. The molecule has 3 rings (SSSR count). The van der Waals surface area contributed by atoms with E-state index in [4.69, 9.17) is 4.74 Å². The van der Waals surface area contributed by atoms with Gasteiger partial charge >= 0.3 is 0 Å². The van der Waals surface area contributed by atoms with Crippen molar-refractivity contribution in [2.24, 2.45) is 5.41 Å². The highest BCUT2D eigenvalue weighted by Gasteiger charge is 2.41. The van der Waals surface area contributed by atoms with Crippen LogP contribution in [0.3, 0.4) is 0 Å². The Morgan fingerprint density at radius 3 is 3.05 bits per heavy atom. The number of benzene rings is 1. The monoisotopic (exact) mass is 268 g/mol. The Morgan fingerprint density at radius 1 is 1.40 bits per heavy atom. The second-order valence-electron chi connectivity index (χ2n) is 5.28. The third-order valence-corrected chi connectivity index (χ3v) is 3.96. The molecule has 0 amide bonds. The first-order valence-corrected chi connectivity index (χ1v) is 6.77. The normalized spacial score (nSPS) is 24.2. The Bertz CT molecular complexity index is 657. The van der Waals surface area contributed by atoms with Crippen LogP contribution in [0.5, 0.6) is 0 Å². The first kappa shape index (κ1) is 13.0. The van der Waals surface area contributed by atoms with Crippen LogP contribution in [0, 0.1) is 16.7 Å². The van der Waals surface area contributed by atoms with E-state index in [0.717, 1.165) is 22.9 Å². The molecular formula is C16H16N2O2. The first-order valence-electron chi connectivity index (χ1n) is 6.77. The Labute approximate surface area is 117 Å². The van der Waals surface area contributed by atoms with Crippen molar-refractivity contribution in [3.05, 3.63) is 42.1 Å². The maximum absolute atomic E-state index is 10.6. The highest BCUT2D eigenvalue weighted by Crippen LogP contribution is 2.40. The molecule has 4 nitrogen and oxygen atoms in total. The van der Waals surface area contributed by atoms with Crippen LogP contribution in [0.4, 0.5) is 0 Å². The molecule has 0 aliphatic carbocycles. The van der Waals surface area contributed by atoms with E-state index in [-0.39, 0.29) is 6.61 Å². The molecular weight excluding hydrogens is 252 g/mol. The van der Waals surface area contributed by atoms with Gasteiger partial charge in [-0.05, 0) is 36.6 Å². The number of nitriles is 1. The van der Waals surface area contributed by atoms with E-state index in [2.05, 4.69) is 11.1 Å². The van der Waals surface area contributed by atoms with Gasteiger partial charge < -0.3 is 9.84 Å². The lowest BCUT2D eigenvalue weighted by molar-refractivity contribution is -0.0505. The van der Waals surface area contributed by atoms with Crippen LogP contribution < -0.4 is 0 Å². The van der Waals surface area contributed by atoms with Gasteiger partial charge in [-0.25, -0.2) is 0 Å². The SMILES string of the molecule is N#CC1(C(O)c2ccc3ncccc3c2)CCCOC1. The van der Waals surface area contributed by atoms with Gasteiger partial charge in [0.2, 0.25) is 0 Å². The molecule has 2 heterocycles. The van der Waals surface area contributed by atoms with Crippen molar-refractivity contribution in [3.8, 4) is 6.07 Å². The third-order valence-electron chi connectivity index (χ3n) is 3.96. The fraction of sp³-hybridized carbons (Fsp3) is 0.375. The van der Waals surface area contributed by atoms with E-state index in [1.54, 1.807) is 6.20 Å². The van der Waals surface area contributed by atoms with Crippen molar-refractivity contribution in [2.45, 2.75) is 18.9 Å². The van der Waals surface area contributed by atoms with E-state index >= 15 is 0 Å². The number of fused-ring (bicyclic) bond motifs is 1. The Hall–Kier alpha value is -1.96. The Morgan fingerprint density at radius 2 is 2.30 bits per heavy atom. The average molecular weight is 268 g/mol. The molecule has 1 N–H and O–H groups in total. The summed E-state index contributed by atoms with van der Waals surface area (Å²) in [4.78, 5) is 4.26. The number of nitrogens with zero attached hydrogens (tertiary/aromatic N) is 2. The van der Waals surface area contributed by atoms with Gasteiger partial charge in [0.05, 0.1) is 24.3 Å². The van der Waals surface area contributed by atoms with Gasteiger partial charge in [0.25, 0.3) is 0 Å². The van der Waals surface area contributed by atoms with Crippen LogP contribution in [0.25, 0.3) is 10.9 Å². The third kappa shape index (κ3) is 2.15. The van der Waals surface area contributed by atoms with Crippen molar-refractivity contribution in [3.63, 3.8) is 0 Å². The van der Waals surface area contributed by atoms with Crippen molar-refractivity contribution in [1.82, 2.24) is 4.98 Å². The van der Waals surface area contributed by atoms with Gasteiger partial charge in [-0.15, -0.1) is 0 Å². The number of pyridine rings is 1. The molecule has 1 aliphatic rings. The number of aliphatic hydroxyl groups is 1. The van der Waals surface area contributed by atoms with Crippen LogP contribution in [0.15, 0.2) is 36.5 Å². The summed E-state index contributed by atoms with van der Waals surface area (Å²) in [6.45, 7) is 0.952. The topological polar surface area (TPSA) is 66.1 Å². The molecule has 102 valence electrons. The molecule has 0 saturated carbocycles. The quantitative estimate of drug-likeness (QED) is 0.909. The number of hydrogen-bond donors (Lipinski definition) is 1. The summed E-state index contributed by atoms with van der Waals surface area (Å²) >= 11 is 0. The number of rotatable bonds is 2. The lowest BCUT2D eigenvalue weighted by Gasteiger charge is -2.35. The highest BCUT2D eigenvalue weighted by molar-refractivity contribution is 5.79. The van der Waals surface area contributed by atoms with Crippen LogP contribution in [-0.2, 0) is 4.74 Å². The minimum atomic E-state index is -0.839. The molecule has 0 radical (unpaired) electrons. The van der Waals surface area contributed by atoms with Crippen LogP contribution in [-0.4, -0.2) is 23.3 Å². The highest BCUT2D eigenvalue weighted by atomic mass is 16.5. The average Bonchev–Trinajstić information content (AvgIpc) is 2.54. The second kappa shape index (κ2) is 5.20. The van der Waals surface area contributed by atoms with E-state index in [0.29, 0.717) is 13.0 Å². The van der Waals surface area contributed by atoms with Crippen LogP contribution in [0.2, 0.25) is 0 Å². The number of aliphatic hydroxyl groups excluding tert-OH is 1. The van der Waals surface area contributed by atoms with Gasteiger partial charge in [-0.2, -0.15) is 5.26 Å². The fourth-order valence-corrected chi connectivity index (χ4v) is 2.76. The van der Waals surface area contributed by atoms with E-state index < -0.39 is 11.5 Å². The molecule has 2 aromatic rings. The second-order valence-corrected chi connectivity index (χ2v) is 5.28. The van der Waals surface area contributed by atoms with Gasteiger partial charge in [0.15, 0.2) is 0 Å². The predicted octanol–water partition coefficient (Wildman–Crippen LogP) is 2.59. The smallest absolute Gasteiger partial charge is 0.111 e. The number of ether oxygens (including phenoxy) is 1. The summed E-state index contributed by atoms with van der Waals surface area (Å²) in [6.07, 6.45) is 2.37. The molecule has 1 aromatic heterocycles. The number of hydrogen-bond acceptors (Lipinski definition) is 4. The minimum absolute atomic E-state index is 0.287. The molecule has 1 aliphatic heterocycles. The zero-order valence-electron chi connectivity index (χ0n) is 11.1. The summed E-state index contributed by atoms with van der Waals surface area (Å²) in [5, 5.41) is 21.1. The van der Waals surface area contributed by atoms with Gasteiger partial charge in [-0.1, -0.05) is 12.1 Å². The molecule has 20 heavy (non-hydrogen) atoms. The maximum atomic E-state index is 10.6. The minimum Gasteiger partial charge on any atom is -0.387 e. The molecule has 1 saturated heterocycles. The summed E-state index contributed by atoms with van der Waals surface area (Å²) in [7, 11) is 0. The van der Waals surface area contributed by atoms with Crippen molar-refractivity contribution in [1.29, 1.82) is 5.26 Å². The number of aromatic nitrogens is 1. The summed E-state index contributed by atoms with van der Waals surface area (Å²) in [5.74, 6) is 0. The lowest BCUT2D eigenvalue weighted by Crippen LogP contribution is -2.36. The maximum Gasteiger partial charge on any atom is 0.111 e. The van der Waals surface area contributed by atoms with Gasteiger partial charge in [0, 0.05) is 18.2 Å². The summed E-state index contributed by atoms with van der Waals surface area (Å²) in [5.41, 5.74) is 0.792. The van der Waals surface area contributed by atoms with Gasteiger partial charge in [0.1, 0.15) is 5.41 Å². The Balaban J connectivity index is 1.99. The fourth-order valence-electron chi connectivity index (χ4n) is 2.76. The molecule has 1 aromatic carbocycles. The van der Waals surface area contributed by atoms with Crippen molar-refractivity contribution >= 4 is 10.9 Å². The summed E-state index contributed by atoms with van der Waals surface area (Å²) in [6, 6.07) is 11.7.